The van der Waals surface area contributed by atoms with Crippen LogP contribution < -0.4 is 5.56 Å². The molecule has 2 aromatic rings. The van der Waals surface area contributed by atoms with Gasteiger partial charge in [-0.05, 0) is 30.9 Å². The molecule has 1 aromatic heterocycles. The number of benzene rings is 1. The Kier molecular flexibility index (Phi) is 5.16. The summed E-state index contributed by atoms with van der Waals surface area (Å²) in [5, 5.41) is 8.87. The molecule has 0 aliphatic carbocycles. The maximum atomic E-state index is 12.6. The SMILES string of the molecule is Cc1ccc(-c2ccc(CC#N)c(=O)n2CCC(C)C)cc1. The van der Waals surface area contributed by atoms with Gasteiger partial charge < -0.3 is 4.57 Å². The van der Waals surface area contributed by atoms with Crippen LogP contribution >= 0.6 is 0 Å². The molecule has 1 heterocycles. The Morgan fingerprint density at radius 3 is 2.41 bits per heavy atom. The Hall–Kier alpha value is -2.34. The monoisotopic (exact) mass is 294 g/mol. The van der Waals surface area contributed by atoms with Crippen LogP contribution in [0, 0.1) is 24.2 Å². The molecule has 0 aliphatic rings. The Morgan fingerprint density at radius 1 is 1.14 bits per heavy atom. The number of nitrogens with zero attached hydrogens (tertiary/aromatic N) is 2. The molecule has 3 nitrogen and oxygen atoms in total. The minimum Gasteiger partial charge on any atom is -0.308 e. The molecule has 0 radical (unpaired) electrons. The van der Waals surface area contributed by atoms with Crippen LogP contribution in [0.2, 0.25) is 0 Å². The van der Waals surface area contributed by atoms with E-state index in [4.69, 9.17) is 5.26 Å². The molecule has 0 N–H and O–H groups in total. The molecule has 3 heteroatoms. The van der Waals surface area contributed by atoms with Gasteiger partial charge in [-0.15, -0.1) is 0 Å². The van der Waals surface area contributed by atoms with Crippen LogP contribution in [0.15, 0.2) is 41.2 Å². The molecule has 0 aliphatic heterocycles. The summed E-state index contributed by atoms with van der Waals surface area (Å²) in [6.07, 6.45) is 1.10. The van der Waals surface area contributed by atoms with E-state index in [0.29, 0.717) is 18.0 Å². The summed E-state index contributed by atoms with van der Waals surface area (Å²) < 4.78 is 1.82. The number of rotatable bonds is 5. The van der Waals surface area contributed by atoms with Crippen molar-refractivity contribution >= 4 is 0 Å². The van der Waals surface area contributed by atoms with Crippen molar-refractivity contribution < 1.29 is 0 Å². The van der Waals surface area contributed by atoms with E-state index >= 15 is 0 Å². The maximum absolute atomic E-state index is 12.6. The third-order valence-corrected chi connectivity index (χ3v) is 3.80. The molecule has 0 spiro atoms. The highest BCUT2D eigenvalue weighted by atomic mass is 16.1. The first-order valence-corrected chi connectivity index (χ1v) is 7.69. The van der Waals surface area contributed by atoms with Crippen molar-refractivity contribution in [2.45, 2.75) is 40.2 Å². The first-order chi connectivity index (χ1) is 10.5. The van der Waals surface area contributed by atoms with E-state index in [1.807, 2.05) is 29.7 Å². The van der Waals surface area contributed by atoms with Gasteiger partial charge in [0.15, 0.2) is 0 Å². The van der Waals surface area contributed by atoms with E-state index in [1.165, 1.54) is 5.56 Å². The van der Waals surface area contributed by atoms with Crippen molar-refractivity contribution in [3.8, 4) is 17.3 Å². The van der Waals surface area contributed by atoms with Gasteiger partial charge in [0, 0.05) is 12.1 Å². The molecule has 22 heavy (non-hydrogen) atoms. The van der Waals surface area contributed by atoms with E-state index in [-0.39, 0.29) is 12.0 Å². The minimum atomic E-state index is -0.0414. The lowest BCUT2D eigenvalue weighted by atomic mass is 10.1. The number of nitriles is 1. The van der Waals surface area contributed by atoms with Crippen molar-refractivity contribution in [1.29, 1.82) is 5.26 Å². The van der Waals surface area contributed by atoms with E-state index in [9.17, 15) is 4.79 Å². The van der Waals surface area contributed by atoms with Crippen LogP contribution in [-0.4, -0.2) is 4.57 Å². The summed E-state index contributed by atoms with van der Waals surface area (Å²) in [6, 6.07) is 14.0. The van der Waals surface area contributed by atoms with E-state index in [2.05, 4.69) is 32.0 Å². The lowest BCUT2D eigenvalue weighted by Crippen LogP contribution is -2.25. The molecular formula is C19H22N2O. The predicted molar refractivity (Wildman–Crippen MR) is 89.6 cm³/mol. The van der Waals surface area contributed by atoms with Crippen LogP contribution in [0.3, 0.4) is 0 Å². The van der Waals surface area contributed by atoms with Crippen LogP contribution in [0.1, 0.15) is 31.4 Å². The Balaban J connectivity index is 2.52. The van der Waals surface area contributed by atoms with E-state index in [0.717, 1.165) is 17.7 Å². The van der Waals surface area contributed by atoms with Gasteiger partial charge in [0.25, 0.3) is 5.56 Å². The number of aryl methyl sites for hydroxylation is 1. The standard InChI is InChI=1S/C19H22N2O/c1-14(2)11-13-21-18(16-6-4-15(3)5-7-16)9-8-17(10-12-20)19(21)22/h4-9,14H,10-11,13H2,1-3H3. The number of hydrogen-bond acceptors (Lipinski definition) is 2. The Labute approximate surface area is 131 Å². The summed E-state index contributed by atoms with van der Waals surface area (Å²) in [5.74, 6) is 0.525. The molecule has 2 rings (SSSR count). The fourth-order valence-corrected chi connectivity index (χ4v) is 2.43. The normalized spacial score (nSPS) is 10.7. The lowest BCUT2D eigenvalue weighted by Gasteiger charge is -2.15. The molecule has 114 valence electrons. The van der Waals surface area contributed by atoms with Crippen LogP contribution in [0.5, 0.6) is 0 Å². The van der Waals surface area contributed by atoms with Crippen molar-refractivity contribution in [3.63, 3.8) is 0 Å². The third kappa shape index (κ3) is 3.65. The van der Waals surface area contributed by atoms with E-state index < -0.39 is 0 Å². The third-order valence-electron chi connectivity index (χ3n) is 3.80. The largest absolute Gasteiger partial charge is 0.308 e. The summed E-state index contributed by atoms with van der Waals surface area (Å²) in [7, 11) is 0. The summed E-state index contributed by atoms with van der Waals surface area (Å²) in [4.78, 5) is 12.6. The molecule has 0 unspecified atom stereocenters. The van der Waals surface area contributed by atoms with Crippen LogP contribution in [-0.2, 0) is 13.0 Å². The zero-order valence-electron chi connectivity index (χ0n) is 13.5. The van der Waals surface area contributed by atoms with Gasteiger partial charge in [0.1, 0.15) is 0 Å². The predicted octanol–water partition coefficient (Wildman–Crippen LogP) is 3.94. The second-order valence-electron chi connectivity index (χ2n) is 6.08. The fourth-order valence-electron chi connectivity index (χ4n) is 2.43. The molecule has 0 fully saturated rings. The molecule has 1 aromatic carbocycles. The second kappa shape index (κ2) is 7.09. The van der Waals surface area contributed by atoms with Crippen molar-refractivity contribution in [2.75, 3.05) is 0 Å². The average molecular weight is 294 g/mol. The van der Waals surface area contributed by atoms with Crippen molar-refractivity contribution in [1.82, 2.24) is 4.57 Å². The summed E-state index contributed by atoms with van der Waals surface area (Å²) >= 11 is 0. The minimum absolute atomic E-state index is 0.0414. The molecule has 0 saturated heterocycles. The molecule has 0 amide bonds. The van der Waals surface area contributed by atoms with Gasteiger partial charge >= 0.3 is 0 Å². The van der Waals surface area contributed by atoms with Crippen molar-refractivity contribution in [3.05, 3.63) is 57.9 Å². The van der Waals surface area contributed by atoms with Gasteiger partial charge in [-0.25, -0.2) is 0 Å². The molecule has 0 bridgehead atoms. The van der Waals surface area contributed by atoms with Crippen LogP contribution in [0.25, 0.3) is 11.3 Å². The highest BCUT2D eigenvalue weighted by Gasteiger charge is 2.11. The molecular weight excluding hydrogens is 272 g/mol. The fraction of sp³-hybridized carbons (Fsp3) is 0.368. The van der Waals surface area contributed by atoms with Gasteiger partial charge in [0.2, 0.25) is 0 Å². The zero-order chi connectivity index (χ0) is 16.1. The van der Waals surface area contributed by atoms with Gasteiger partial charge in [-0.1, -0.05) is 49.7 Å². The first-order valence-electron chi connectivity index (χ1n) is 7.69. The summed E-state index contributed by atoms with van der Waals surface area (Å²) in [6.45, 7) is 7.02. The van der Waals surface area contributed by atoms with E-state index in [1.54, 1.807) is 6.07 Å². The number of hydrogen-bond donors (Lipinski definition) is 0. The number of pyridine rings is 1. The second-order valence-corrected chi connectivity index (χ2v) is 6.08. The van der Waals surface area contributed by atoms with Crippen LogP contribution in [0.4, 0.5) is 0 Å². The Bertz CT molecular complexity index is 734. The smallest absolute Gasteiger partial charge is 0.255 e. The zero-order valence-corrected chi connectivity index (χ0v) is 13.5. The quantitative estimate of drug-likeness (QED) is 0.838. The highest BCUT2D eigenvalue weighted by Crippen LogP contribution is 2.20. The average Bonchev–Trinajstić information content (AvgIpc) is 2.49. The van der Waals surface area contributed by atoms with Gasteiger partial charge in [-0.3, -0.25) is 4.79 Å². The highest BCUT2D eigenvalue weighted by molar-refractivity contribution is 5.60. The lowest BCUT2D eigenvalue weighted by molar-refractivity contribution is 0.509. The number of aromatic nitrogens is 1. The topological polar surface area (TPSA) is 45.8 Å². The molecule has 0 saturated carbocycles. The first kappa shape index (κ1) is 16.0. The maximum Gasteiger partial charge on any atom is 0.255 e. The Morgan fingerprint density at radius 2 is 1.82 bits per heavy atom. The molecule has 0 atom stereocenters. The van der Waals surface area contributed by atoms with Gasteiger partial charge in [0.05, 0.1) is 18.2 Å². The van der Waals surface area contributed by atoms with Crippen molar-refractivity contribution in [2.24, 2.45) is 5.92 Å². The summed E-state index contributed by atoms with van der Waals surface area (Å²) in [5.41, 5.74) is 3.69. The van der Waals surface area contributed by atoms with Gasteiger partial charge in [-0.2, -0.15) is 5.26 Å².